The minimum atomic E-state index is -0.442. The number of rotatable bonds is 4. The highest BCUT2D eigenvalue weighted by Crippen LogP contribution is 2.39. The second-order valence-corrected chi connectivity index (χ2v) is 9.23. The van der Waals surface area contributed by atoms with Gasteiger partial charge < -0.3 is 15.5 Å². The minimum Gasteiger partial charge on any atom is -0.496 e. The molecule has 0 saturated carbocycles. The molecular formula is C21H22BrN5O2S. The van der Waals surface area contributed by atoms with Gasteiger partial charge in [0.2, 0.25) is 11.1 Å². The van der Waals surface area contributed by atoms with Crippen LogP contribution in [-0.2, 0) is 4.79 Å². The molecule has 1 amide bonds. The summed E-state index contributed by atoms with van der Waals surface area (Å²) in [5.74, 6) is 1.38. The average Bonchev–Trinajstić information content (AvgIpc) is 3.06. The number of hydrogen-bond acceptors (Lipinski definition) is 6. The topological polar surface area (TPSA) is 81.1 Å². The van der Waals surface area contributed by atoms with Crippen LogP contribution in [0.3, 0.4) is 0 Å². The molecule has 3 aromatic rings. The number of halogens is 1. The number of benzene rings is 2. The molecule has 0 bridgehead atoms. The van der Waals surface area contributed by atoms with Gasteiger partial charge in [-0.3, -0.25) is 4.79 Å². The van der Waals surface area contributed by atoms with E-state index in [1.54, 1.807) is 7.11 Å². The molecule has 0 spiro atoms. The fourth-order valence-corrected chi connectivity index (χ4v) is 5.23. The molecular weight excluding hydrogens is 466 g/mol. The summed E-state index contributed by atoms with van der Waals surface area (Å²) in [4.78, 5) is 13.3. The summed E-state index contributed by atoms with van der Waals surface area (Å²) in [6.45, 7) is 5.91. The first-order valence-corrected chi connectivity index (χ1v) is 11.1. The van der Waals surface area contributed by atoms with Gasteiger partial charge in [-0.25, -0.2) is 4.68 Å². The lowest BCUT2D eigenvalue weighted by Crippen LogP contribution is -2.41. The smallest absolute Gasteiger partial charge is 0.240 e. The van der Waals surface area contributed by atoms with E-state index in [-0.39, 0.29) is 11.9 Å². The van der Waals surface area contributed by atoms with Gasteiger partial charge in [-0.2, -0.15) is 0 Å². The summed E-state index contributed by atoms with van der Waals surface area (Å²) in [6.07, 6.45) is 0. The first-order valence-electron chi connectivity index (χ1n) is 9.43. The second-order valence-electron chi connectivity index (χ2n) is 7.27. The Labute approximate surface area is 187 Å². The van der Waals surface area contributed by atoms with E-state index < -0.39 is 5.25 Å². The van der Waals surface area contributed by atoms with Gasteiger partial charge in [0.05, 0.1) is 17.6 Å². The summed E-state index contributed by atoms with van der Waals surface area (Å²) >= 11 is 4.95. The lowest BCUT2D eigenvalue weighted by Gasteiger charge is -2.33. The number of nitrogens with one attached hydrogen (secondary N) is 2. The highest BCUT2D eigenvalue weighted by Gasteiger charge is 2.37. The minimum absolute atomic E-state index is 0.0960. The van der Waals surface area contributed by atoms with Crippen molar-refractivity contribution in [1.82, 2.24) is 14.9 Å². The number of nitrogens with zero attached hydrogens (tertiary/aromatic N) is 3. The average molecular weight is 488 g/mol. The van der Waals surface area contributed by atoms with E-state index in [2.05, 4.69) is 42.9 Å². The SMILES string of the molecule is COc1ccc([C@H]2Nn3c(C)nnc3S[C@@H]2C(=O)Nc2cc(C)cc(C)c2)cc1Br. The Morgan fingerprint density at radius 1 is 1.17 bits per heavy atom. The van der Waals surface area contributed by atoms with Crippen LogP contribution in [0, 0.1) is 20.8 Å². The van der Waals surface area contributed by atoms with Crippen molar-refractivity contribution >= 4 is 39.3 Å². The van der Waals surface area contributed by atoms with Gasteiger partial charge >= 0.3 is 0 Å². The number of aromatic nitrogens is 3. The number of ether oxygens (including phenoxy) is 1. The van der Waals surface area contributed by atoms with Crippen molar-refractivity contribution in [3.05, 3.63) is 63.4 Å². The number of aryl methyl sites for hydroxylation is 3. The molecule has 2 N–H and O–H groups in total. The first kappa shape index (κ1) is 20.7. The van der Waals surface area contributed by atoms with Crippen LogP contribution in [0.4, 0.5) is 5.69 Å². The molecule has 1 aliphatic rings. The van der Waals surface area contributed by atoms with Gasteiger partial charge in [0.25, 0.3) is 0 Å². The van der Waals surface area contributed by atoms with Crippen molar-refractivity contribution in [3.8, 4) is 5.75 Å². The predicted octanol–water partition coefficient (Wildman–Crippen LogP) is 4.37. The van der Waals surface area contributed by atoms with Crippen LogP contribution in [0.1, 0.15) is 28.6 Å². The van der Waals surface area contributed by atoms with Gasteiger partial charge in [-0.1, -0.05) is 23.9 Å². The fourth-order valence-electron chi connectivity index (χ4n) is 3.55. The van der Waals surface area contributed by atoms with E-state index in [9.17, 15) is 4.79 Å². The zero-order chi connectivity index (χ0) is 21.4. The summed E-state index contributed by atoms with van der Waals surface area (Å²) < 4.78 is 8.00. The van der Waals surface area contributed by atoms with Crippen molar-refractivity contribution in [3.63, 3.8) is 0 Å². The van der Waals surface area contributed by atoms with Crippen LogP contribution in [0.25, 0.3) is 0 Å². The quantitative estimate of drug-likeness (QED) is 0.568. The molecule has 1 aliphatic heterocycles. The molecule has 9 heteroatoms. The fraction of sp³-hybridized carbons (Fsp3) is 0.286. The summed E-state index contributed by atoms with van der Waals surface area (Å²) in [7, 11) is 1.63. The Bertz CT molecular complexity index is 1100. The molecule has 7 nitrogen and oxygen atoms in total. The Kier molecular flexibility index (Phi) is 5.75. The van der Waals surface area contributed by atoms with Crippen molar-refractivity contribution in [2.24, 2.45) is 0 Å². The van der Waals surface area contributed by atoms with E-state index in [0.717, 1.165) is 38.4 Å². The maximum absolute atomic E-state index is 13.3. The predicted molar refractivity (Wildman–Crippen MR) is 122 cm³/mol. The molecule has 0 radical (unpaired) electrons. The zero-order valence-electron chi connectivity index (χ0n) is 17.1. The summed E-state index contributed by atoms with van der Waals surface area (Å²) in [5, 5.41) is 11.6. The molecule has 4 rings (SSSR count). The van der Waals surface area contributed by atoms with Crippen LogP contribution in [0.5, 0.6) is 5.75 Å². The summed E-state index contributed by atoms with van der Waals surface area (Å²) in [6, 6.07) is 11.6. The monoisotopic (exact) mass is 487 g/mol. The van der Waals surface area contributed by atoms with Crippen LogP contribution in [-0.4, -0.2) is 33.1 Å². The highest BCUT2D eigenvalue weighted by molar-refractivity contribution is 9.10. The van der Waals surface area contributed by atoms with Crippen molar-refractivity contribution < 1.29 is 9.53 Å². The Morgan fingerprint density at radius 3 is 2.57 bits per heavy atom. The molecule has 0 fully saturated rings. The maximum Gasteiger partial charge on any atom is 0.240 e. The van der Waals surface area contributed by atoms with E-state index >= 15 is 0 Å². The molecule has 2 atom stereocenters. The van der Waals surface area contributed by atoms with E-state index in [0.29, 0.717) is 5.16 Å². The molecule has 156 valence electrons. The van der Waals surface area contributed by atoms with Crippen molar-refractivity contribution in [2.45, 2.75) is 37.2 Å². The molecule has 0 aliphatic carbocycles. The van der Waals surface area contributed by atoms with E-state index in [1.165, 1.54) is 11.8 Å². The van der Waals surface area contributed by atoms with Crippen LogP contribution in [0.2, 0.25) is 0 Å². The highest BCUT2D eigenvalue weighted by atomic mass is 79.9. The van der Waals surface area contributed by atoms with E-state index in [4.69, 9.17) is 4.74 Å². The number of methoxy groups -OCH3 is 1. The third-order valence-corrected chi connectivity index (χ3v) is 6.72. The summed E-state index contributed by atoms with van der Waals surface area (Å²) in [5.41, 5.74) is 7.36. The third kappa shape index (κ3) is 4.04. The van der Waals surface area contributed by atoms with E-state index in [1.807, 2.05) is 55.8 Å². The number of thioether (sulfide) groups is 1. The number of amides is 1. The Hall–Kier alpha value is -2.52. The van der Waals surface area contributed by atoms with Crippen LogP contribution < -0.4 is 15.5 Å². The second kappa shape index (κ2) is 8.31. The lowest BCUT2D eigenvalue weighted by molar-refractivity contribution is -0.116. The van der Waals surface area contributed by atoms with Gasteiger partial charge in [-0.05, 0) is 77.7 Å². The van der Waals surface area contributed by atoms with Crippen molar-refractivity contribution in [1.29, 1.82) is 0 Å². The largest absolute Gasteiger partial charge is 0.496 e. The maximum atomic E-state index is 13.3. The molecule has 2 heterocycles. The molecule has 30 heavy (non-hydrogen) atoms. The molecule has 1 aromatic heterocycles. The van der Waals surface area contributed by atoms with Crippen LogP contribution >= 0.6 is 27.7 Å². The van der Waals surface area contributed by atoms with Gasteiger partial charge in [-0.15, -0.1) is 10.2 Å². The number of anilines is 1. The van der Waals surface area contributed by atoms with Gasteiger partial charge in [0, 0.05) is 5.69 Å². The van der Waals surface area contributed by atoms with Gasteiger partial charge in [0.1, 0.15) is 16.8 Å². The zero-order valence-corrected chi connectivity index (χ0v) is 19.5. The number of hydrogen-bond donors (Lipinski definition) is 2. The Morgan fingerprint density at radius 2 is 1.90 bits per heavy atom. The lowest BCUT2D eigenvalue weighted by atomic mass is 10.0. The first-order chi connectivity index (χ1) is 14.4. The normalized spacial score (nSPS) is 17.8. The van der Waals surface area contributed by atoms with Crippen molar-refractivity contribution in [2.75, 3.05) is 17.9 Å². The molecule has 0 saturated heterocycles. The standard InChI is InChI=1S/C21H22BrN5O2S/c1-11-7-12(2)9-15(8-11)23-20(28)19-18(14-5-6-17(29-4)16(22)10-14)26-27-13(3)24-25-21(27)30-19/h5-10,18-19,26H,1-4H3,(H,23,28)/t18-,19+/m1/s1. The Balaban J connectivity index is 1.69. The molecule has 0 unspecified atom stereocenters. The van der Waals surface area contributed by atoms with Gasteiger partial charge in [0.15, 0.2) is 0 Å². The number of carbonyl (C=O) groups excluding carboxylic acids is 1. The third-order valence-electron chi connectivity index (χ3n) is 4.88. The molecule has 2 aromatic carbocycles. The number of carbonyl (C=O) groups is 1. The van der Waals surface area contributed by atoms with Crippen LogP contribution in [0.15, 0.2) is 46.0 Å². The number of fused-ring (bicyclic) bond motifs is 1.